The first-order valence-electron chi connectivity index (χ1n) is 5.62. The summed E-state index contributed by atoms with van der Waals surface area (Å²) in [5, 5.41) is 8.77. The van der Waals surface area contributed by atoms with E-state index in [1.807, 2.05) is 6.08 Å². The van der Waals surface area contributed by atoms with Crippen LogP contribution in [0.15, 0.2) is 11.6 Å². The van der Waals surface area contributed by atoms with E-state index in [-0.39, 0.29) is 0 Å². The molecule has 0 spiro atoms. The van der Waals surface area contributed by atoms with Crippen LogP contribution in [0.5, 0.6) is 0 Å². The lowest BCUT2D eigenvalue weighted by Crippen LogP contribution is -2.04. The molecule has 0 bridgehead atoms. The summed E-state index contributed by atoms with van der Waals surface area (Å²) in [4.78, 5) is 10.7. The van der Waals surface area contributed by atoms with Gasteiger partial charge in [0.2, 0.25) is 0 Å². The molecule has 0 unspecified atom stereocenters. The highest BCUT2D eigenvalue weighted by Crippen LogP contribution is 2.24. The van der Waals surface area contributed by atoms with Crippen molar-refractivity contribution in [1.82, 2.24) is 0 Å². The highest BCUT2D eigenvalue weighted by molar-refractivity contribution is 5.85. The number of allylic oxidation sites excluding steroid dienone is 1. The molecule has 80 valence electrons. The second-order valence-corrected chi connectivity index (χ2v) is 4.26. The number of carbonyl (C=O) groups is 1. The molecule has 1 aliphatic carbocycles. The van der Waals surface area contributed by atoms with Gasteiger partial charge in [0, 0.05) is 5.57 Å². The highest BCUT2D eigenvalue weighted by Gasteiger charge is 2.10. The summed E-state index contributed by atoms with van der Waals surface area (Å²) in [6.45, 7) is 1.70. The number of rotatable bonds is 2. The zero-order valence-electron chi connectivity index (χ0n) is 8.96. The molecule has 1 aliphatic rings. The van der Waals surface area contributed by atoms with E-state index < -0.39 is 5.97 Å². The van der Waals surface area contributed by atoms with Crippen molar-refractivity contribution >= 4 is 5.97 Å². The Morgan fingerprint density at radius 1 is 1.14 bits per heavy atom. The lowest BCUT2D eigenvalue weighted by atomic mass is 9.90. The fourth-order valence-electron chi connectivity index (χ4n) is 2.08. The van der Waals surface area contributed by atoms with Crippen molar-refractivity contribution in [2.24, 2.45) is 5.92 Å². The van der Waals surface area contributed by atoms with E-state index in [9.17, 15) is 4.79 Å². The van der Waals surface area contributed by atoms with Crippen LogP contribution < -0.4 is 0 Å². The fraction of sp³-hybridized carbons (Fsp3) is 0.750. The van der Waals surface area contributed by atoms with Gasteiger partial charge in [-0.05, 0) is 25.7 Å². The molecule has 14 heavy (non-hydrogen) atoms. The van der Waals surface area contributed by atoms with Crippen LogP contribution >= 0.6 is 0 Å². The van der Waals surface area contributed by atoms with Crippen molar-refractivity contribution in [1.29, 1.82) is 0 Å². The second-order valence-electron chi connectivity index (χ2n) is 4.26. The number of carboxylic acids is 1. The molecule has 1 saturated carbocycles. The van der Waals surface area contributed by atoms with Crippen molar-refractivity contribution in [2.45, 2.75) is 51.9 Å². The van der Waals surface area contributed by atoms with E-state index in [0.717, 1.165) is 0 Å². The highest BCUT2D eigenvalue weighted by atomic mass is 16.4. The Morgan fingerprint density at radius 3 is 2.14 bits per heavy atom. The molecule has 1 N–H and O–H groups in total. The first-order valence-corrected chi connectivity index (χ1v) is 5.62. The number of carboxylic acid groups (broad SMARTS) is 1. The third-order valence-corrected chi connectivity index (χ3v) is 2.97. The van der Waals surface area contributed by atoms with E-state index in [0.29, 0.717) is 11.5 Å². The van der Waals surface area contributed by atoms with Crippen LogP contribution in [0, 0.1) is 5.92 Å². The van der Waals surface area contributed by atoms with Crippen molar-refractivity contribution in [3.8, 4) is 0 Å². The van der Waals surface area contributed by atoms with E-state index in [4.69, 9.17) is 5.11 Å². The molecular weight excluding hydrogens is 176 g/mol. The lowest BCUT2D eigenvalue weighted by molar-refractivity contribution is -0.132. The summed E-state index contributed by atoms with van der Waals surface area (Å²) in [5.41, 5.74) is 0.510. The zero-order chi connectivity index (χ0) is 10.4. The standard InChI is InChI=1S/C12H20O2/c1-10(12(13)14)9-11-7-5-3-2-4-6-8-11/h9,11H,2-8H2,1H3,(H,13,14)/b10-9+. The van der Waals surface area contributed by atoms with E-state index in [1.54, 1.807) is 6.92 Å². The smallest absolute Gasteiger partial charge is 0.330 e. The Balaban J connectivity index is 2.48. The molecule has 2 heteroatoms. The van der Waals surface area contributed by atoms with E-state index >= 15 is 0 Å². The van der Waals surface area contributed by atoms with Crippen LogP contribution in [0.4, 0.5) is 0 Å². The summed E-state index contributed by atoms with van der Waals surface area (Å²) >= 11 is 0. The molecule has 0 heterocycles. The Bertz CT molecular complexity index is 210. The van der Waals surface area contributed by atoms with Gasteiger partial charge in [-0.15, -0.1) is 0 Å². The Morgan fingerprint density at radius 2 is 1.64 bits per heavy atom. The Hall–Kier alpha value is -0.790. The molecule has 0 aromatic carbocycles. The SMILES string of the molecule is C/C(=C\C1CCCCCCC1)C(=O)O. The molecule has 0 radical (unpaired) electrons. The van der Waals surface area contributed by atoms with Crippen molar-refractivity contribution < 1.29 is 9.90 Å². The normalized spacial score (nSPS) is 21.4. The summed E-state index contributed by atoms with van der Waals surface area (Å²) in [6.07, 6.45) is 10.8. The van der Waals surface area contributed by atoms with E-state index in [1.165, 1.54) is 44.9 Å². The van der Waals surface area contributed by atoms with Crippen LogP contribution in [-0.4, -0.2) is 11.1 Å². The maximum Gasteiger partial charge on any atom is 0.330 e. The van der Waals surface area contributed by atoms with Crippen LogP contribution in [0.25, 0.3) is 0 Å². The minimum absolute atomic E-state index is 0.506. The largest absolute Gasteiger partial charge is 0.478 e. The van der Waals surface area contributed by atoms with Crippen LogP contribution in [0.3, 0.4) is 0 Å². The molecule has 0 saturated heterocycles. The zero-order valence-corrected chi connectivity index (χ0v) is 8.96. The van der Waals surface area contributed by atoms with Crippen molar-refractivity contribution in [2.75, 3.05) is 0 Å². The average Bonchev–Trinajstić information content (AvgIpc) is 2.08. The van der Waals surface area contributed by atoms with Gasteiger partial charge in [0.05, 0.1) is 0 Å². The summed E-state index contributed by atoms with van der Waals surface area (Å²) in [7, 11) is 0. The van der Waals surface area contributed by atoms with Gasteiger partial charge >= 0.3 is 5.97 Å². The Kier molecular flexibility index (Phi) is 4.71. The van der Waals surface area contributed by atoms with Crippen molar-refractivity contribution in [3.63, 3.8) is 0 Å². The fourth-order valence-corrected chi connectivity index (χ4v) is 2.08. The molecule has 1 rings (SSSR count). The van der Waals surface area contributed by atoms with Gasteiger partial charge in [-0.1, -0.05) is 38.2 Å². The van der Waals surface area contributed by atoms with Crippen LogP contribution in [0.1, 0.15) is 51.9 Å². The van der Waals surface area contributed by atoms with Gasteiger partial charge in [0.25, 0.3) is 0 Å². The maximum absolute atomic E-state index is 10.7. The predicted molar refractivity (Wildman–Crippen MR) is 57.2 cm³/mol. The third kappa shape index (κ3) is 3.95. The predicted octanol–water partition coefficient (Wildman–Crippen LogP) is 3.38. The lowest BCUT2D eigenvalue weighted by Gasteiger charge is -2.16. The minimum atomic E-state index is -0.771. The summed E-state index contributed by atoms with van der Waals surface area (Å²) in [6, 6.07) is 0. The monoisotopic (exact) mass is 196 g/mol. The molecule has 0 amide bonds. The summed E-state index contributed by atoms with van der Waals surface area (Å²) in [5.74, 6) is -0.265. The molecule has 0 aromatic rings. The molecule has 0 aromatic heterocycles. The number of hydrogen-bond donors (Lipinski definition) is 1. The number of aliphatic carboxylic acids is 1. The molecule has 0 atom stereocenters. The molecule has 2 nitrogen and oxygen atoms in total. The molecular formula is C12H20O2. The molecule has 1 fully saturated rings. The number of hydrogen-bond acceptors (Lipinski definition) is 1. The maximum atomic E-state index is 10.7. The molecule has 0 aliphatic heterocycles. The minimum Gasteiger partial charge on any atom is -0.478 e. The van der Waals surface area contributed by atoms with Crippen molar-refractivity contribution in [3.05, 3.63) is 11.6 Å². The van der Waals surface area contributed by atoms with Gasteiger partial charge in [-0.2, -0.15) is 0 Å². The second kappa shape index (κ2) is 5.84. The van der Waals surface area contributed by atoms with Gasteiger partial charge < -0.3 is 5.11 Å². The average molecular weight is 196 g/mol. The first-order chi connectivity index (χ1) is 6.70. The van der Waals surface area contributed by atoms with Gasteiger partial charge in [0.15, 0.2) is 0 Å². The Labute approximate surface area is 86.0 Å². The quantitative estimate of drug-likeness (QED) is 0.687. The van der Waals surface area contributed by atoms with Gasteiger partial charge in [-0.3, -0.25) is 0 Å². The van der Waals surface area contributed by atoms with E-state index in [2.05, 4.69) is 0 Å². The topological polar surface area (TPSA) is 37.3 Å². The first kappa shape index (κ1) is 11.3. The van der Waals surface area contributed by atoms with Gasteiger partial charge in [0.1, 0.15) is 0 Å². The summed E-state index contributed by atoms with van der Waals surface area (Å²) < 4.78 is 0. The van der Waals surface area contributed by atoms with Crippen LogP contribution in [-0.2, 0) is 4.79 Å². The third-order valence-electron chi connectivity index (χ3n) is 2.97. The van der Waals surface area contributed by atoms with Crippen LogP contribution in [0.2, 0.25) is 0 Å². The van der Waals surface area contributed by atoms with Gasteiger partial charge in [-0.25, -0.2) is 4.79 Å².